The Hall–Kier alpha value is -1.64. The summed E-state index contributed by atoms with van der Waals surface area (Å²) in [4.78, 5) is 0.132. The van der Waals surface area contributed by atoms with Gasteiger partial charge in [-0.3, -0.25) is 0 Å². The highest BCUT2D eigenvalue weighted by Crippen LogP contribution is 2.37. The molecule has 2 aromatic rings. The number of halogens is 2. The smallest absolute Gasteiger partial charge is 0.246 e. The molecule has 4 nitrogen and oxygen atoms in total. The molecule has 2 aromatic carbocycles. The van der Waals surface area contributed by atoms with E-state index in [1.165, 1.54) is 28.2 Å². The Morgan fingerprint density at radius 1 is 1.19 bits per heavy atom. The average molecular weight is 414 g/mol. The Balaban J connectivity index is 1.82. The zero-order valence-electron chi connectivity index (χ0n) is 14.9. The lowest BCUT2D eigenvalue weighted by atomic mass is 10.1. The number of nitrogens with zero attached hydrogens (tertiary/aromatic N) is 1. The topological polar surface area (TPSA) is 46.6 Å². The van der Waals surface area contributed by atoms with Crippen LogP contribution in [-0.2, 0) is 10.0 Å². The number of sulfonamides is 1. The number of benzene rings is 2. The predicted molar refractivity (Wildman–Crippen MR) is 103 cm³/mol. The number of thioether (sulfide) groups is 1. The van der Waals surface area contributed by atoms with E-state index in [4.69, 9.17) is 4.74 Å². The molecule has 0 bridgehead atoms. The van der Waals surface area contributed by atoms with Crippen LogP contribution in [0, 0.1) is 11.6 Å². The van der Waals surface area contributed by atoms with Crippen LogP contribution in [0.3, 0.4) is 0 Å². The van der Waals surface area contributed by atoms with E-state index in [9.17, 15) is 17.2 Å². The van der Waals surface area contributed by atoms with Gasteiger partial charge in [0.2, 0.25) is 10.0 Å². The van der Waals surface area contributed by atoms with E-state index in [0.29, 0.717) is 31.1 Å². The molecule has 0 spiro atoms. The van der Waals surface area contributed by atoms with E-state index in [2.05, 4.69) is 0 Å². The van der Waals surface area contributed by atoms with E-state index in [1.807, 2.05) is 0 Å². The van der Waals surface area contributed by atoms with Crippen molar-refractivity contribution >= 4 is 21.8 Å². The third-order valence-electron chi connectivity index (χ3n) is 4.37. The van der Waals surface area contributed by atoms with Crippen molar-refractivity contribution in [2.24, 2.45) is 0 Å². The lowest BCUT2D eigenvalue weighted by Gasteiger charge is -2.21. The highest BCUT2D eigenvalue weighted by Gasteiger charge is 2.31. The van der Waals surface area contributed by atoms with Crippen LogP contribution in [0.25, 0.3) is 0 Å². The Labute approximate surface area is 162 Å². The quantitative estimate of drug-likeness (QED) is 0.736. The van der Waals surface area contributed by atoms with Crippen molar-refractivity contribution in [3.63, 3.8) is 0 Å². The molecule has 8 heteroatoms. The summed E-state index contributed by atoms with van der Waals surface area (Å²) >= 11 is 1.45. The summed E-state index contributed by atoms with van der Waals surface area (Å²) in [5.74, 6) is -0.140. The normalized spacial score (nSPS) is 18.9. The van der Waals surface area contributed by atoms with Gasteiger partial charge < -0.3 is 4.74 Å². The maximum atomic E-state index is 14.1. The summed E-state index contributed by atoms with van der Waals surface area (Å²) in [5.41, 5.74) is 0.286. The second-order valence-corrected chi connectivity index (χ2v) is 9.31. The van der Waals surface area contributed by atoms with Gasteiger partial charge in [0.05, 0.1) is 6.61 Å². The Morgan fingerprint density at radius 3 is 2.74 bits per heavy atom. The van der Waals surface area contributed by atoms with Gasteiger partial charge >= 0.3 is 0 Å². The molecule has 1 unspecified atom stereocenters. The van der Waals surface area contributed by atoms with Crippen molar-refractivity contribution in [3.8, 4) is 5.75 Å². The molecule has 1 saturated heterocycles. The first-order chi connectivity index (χ1) is 12.9. The van der Waals surface area contributed by atoms with Crippen molar-refractivity contribution in [1.29, 1.82) is 0 Å². The van der Waals surface area contributed by atoms with Gasteiger partial charge in [-0.25, -0.2) is 17.2 Å². The minimum Gasteiger partial charge on any atom is -0.492 e. The van der Waals surface area contributed by atoms with Crippen LogP contribution in [0.1, 0.15) is 24.2 Å². The number of rotatable bonds is 5. The third kappa shape index (κ3) is 4.44. The van der Waals surface area contributed by atoms with Crippen LogP contribution in [0.2, 0.25) is 0 Å². The molecule has 0 aliphatic carbocycles. The summed E-state index contributed by atoms with van der Waals surface area (Å²) in [7, 11) is -3.73. The summed E-state index contributed by atoms with van der Waals surface area (Å²) in [6, 6.07) is 9.94. The molecule has 1 atom stereocenters. The minimum atomic E-state index is -3.73. The second-order valence-electron chi connectivity index (χ2n) is 6.10. The molecule has 3 rings (SSSR count). The molecule has 1 aliphatic rings. The minimum absolute atomic E-state index is 0.132. The van der Waals surface area contributed by atoms with Gasteiger partial charge in [-0.2, -0.15) is 16.1 Å². The highest BCUT2D eigenvalue weighted by atomic mass is 32.2. The van der Waals surface area contributed by atoms with Gasteiger partial charge in [0.25, 0.3) is 0 Å². The number of ether oxygens (including phenoxy) is 1. The fraction of sp³-hybridized carbons (Fsp3) is 0.368. The Bertz CT molecular complexity index is 906. The molecule has 0 amide bonds. The van der Waals surface area contributed by atoms with Gasteiger partial charge in [-0.15, -0.1) is 0 Å². The van der Waals surface area contributed by atoms with Gasteiger partial charge in [-0.1, -0.05) is 12.1 Å². The number of hydrogen-bond acceptors (Lipinski definition) is 4. The molecule has 1 aliphatic heterocycles. The first-order valence-corrected chi connectivity index (χ1v) is 11.2. The van der Waals surface area contributed by atoms with E-state index < -0.39 is 21.7 Å². The van der Waals surface area contributed by atoms with E-state index >= 15 is 0 Å². The largest absolute Gasteiger partial charge is 0.492 e. The van der Waals surface area contributed by atoms with Crippen molar-refractivity contribution in [2.75, 3.05) is 25.4 Å². The Morgan fingerprint density at radius 2 is 1.96 bits per heavy atom. The predicted octanol–water partition coefficient (Wildman–Crippen LogP) is 4.23. The zero-order chi connectivity index (χ0) is 19.4. The second kappa shape index (κ2) is 8.58. The monoisotopic (exact) mass is 413 g/mol. The highest BCUT2D eigenvalue weighted by molar-refractivity contribution is 7.99. The fourth-order valence-electron chi connectivity index (χ4n) is 3.08. The summed E-state index contributed by atoms with van der Waals surface area (Å²) < 4.78 is 60.7. The number of hydrogen-bond donors (Lipinski definition) is 0. The van der Waals surface area contributed by atoms with Crippen LogP contribution in [-0.4, -0.2) is 38.2 Å². The van der Waals surface area contributed by atoms with Gasteiger partial charge in [-0.05, 0) is 43.7 Å². The lowest BCUT2D eigenvalue weighted by Crippen LogP contribution is -2.33. The Kier molecular flexibility index (Phi) is 6.39. The molecular formula is C19H21F2NO3S2. The molecule has 27 heavy (non-hydrogen) atoms. The van der Waals surface area contributed by atoms with E-state index in [0.717, 1.165) is 12.1 Å². The van der Waals surface area contributed by atoms with E-state index in [-0.39, 0.29) is 22.3 Å². The first kappa shape index (κ1) is 20.1. The van der Waals surface area contributed by atoms with Gasteiger partial charge in [0, 0.05) is 29.7 Å². The SMILES string of the molecule is CCOc1ccccc1S(=O)(=O)N1CCSC(c2cc(F)ccc2F)CC1. The summed E-state index contributed by atoms with van der Waals surface area (Å²) in [6.45, 7) is 2.70. The van der Waals surface area contributed by atoms with Crippen LogP contribution < -0.4 is 4.74 Å². The van der Waals surface area contributed by atoms with Gasteiger partial charge in [0.1, 0.15) is 22.3 Å². The van der Waals surface area contributed by atoms with Gasteiger partial charge in [0.15, 0.2) is 0 Å². The zero-order valence-corrected chi connectivity index (χ0v) is 16.5. The molecule has 0 aromatic heterocycles. The van der Waals surface area contributed by atoms with Crippen LogP contribution in [0.15, 0.2) is 47.4 Å². The standard InChI is InChI=1S/C19H21F2NO3S2/c1-2-25-17-5-3-4-6-19(17)27(23,24)22-10-9-18(26-12-11-22)15-13-14(20)7-8-16(15)21/h3-8,13,18H,2,9-12H2,1H3. The molecule has 1 heterocycles. The average Bonchev–Trinajstić information content (AvgIpc) is 2.91. The van der Waals surface area contributed by atoms with Crippen molar-refractivity contribution in [2.45, 2.75) is 23.5 Å². The molecule has 0 N–H and O–H groups in total. The summed E-state index contributed by atoms with van der Waals surface area (Å²) in [5, 5.41) is -0.289. The van der Waals surface area contributed by atoms with Crippen LogP contribution in [0.4, 0.5) is 8.78 Å². The van der Waals surface area contributed by atoms with E-state index in [1.54, 1.807) is 25.1 Å². The molecule has 146 valence electrons. The van der Waals surface area contributed by atoms with Crippen LogP contribution >= 0.6 is 11.8 Å². The van der Waals surface area contributed by atoms with Crippen LogP contribution in [0.5, 0.6) is 5.75 Å². The molecule has 0 saturated carbocycles. The molecule has 0 radical (unpaired) electrons. The maximum absolute atomic E-state index is 14.1. The summed E-state index contributed by atoms with van der Waals surface area (Å²) in [6.07, 6.45) is 0.404. The lowest BCUT2D eigenvalue weighted by molar-refractivity contribution is 0.329. The maximum Gasteiger partial charge on any atom is 0.246 e. The van der Waals surface area contributed by atoms with Crippen molar-refractivity contribution in [3.05, 3.63) is 59.7 Å². The first-order valence-electron chi connectivity index (χ1n) is 8.72. The molecular weight excluding hydrogens is 392 g/mol. The van der Waals surface area contributed by atoms with Crippen molar-refractivity contribution in [1.82, 2.24) is 4.31 Å². The fourth-order valence-corrected chi connectivity index (χ4v) is 6.02. The molecule has 1 fully saturated rings. The number of para-hydroxylation sites is 1. The van der Waals surface area contributed by atoms with Crippen molar-refractivity contribution < 1.29 is 21.9 Å². The third-order valence-corrected chi connectivity index (χ3v) is 7.62.